The normalized spacial score (nSPS) is 43.5. The van der Waals surface area contributed by atoms with Crippen LogP contribution in [0.15, 0.2) is 12.7 Å². The number of carbonyl (C=O) groups excluding carboxylic acids is 3. The lowest BCUT2D eigenvalue weighted by atomic mass is 9.39. The molecule has 3 aliphatic rings. The van der Waals surface area contributed by atoms with Crippen LogP contribution in [0.25, 0.3) is 0 Å². The van der Waals surface area contributed by atoms with Gasteiger partial charge in [-0.15, -0.1) is 19.0 Å². The Labute approximate surface area is 226 Å². The fourth-order valence-corrected chi connectivity index (χ4v) is 7.19. The minimum absolute atomic E-state index is 0. The van der Waals surface area contributed by atoms with Gasteiger partial charge in [0.1, 0.15) is 17.7 Å². The summed E-state index contributed by atoms with van der Waals surface area (Å²) in [6.07, 6.45) is -1.36. The maximum absolute atomic E-state index is 14.0. The van der Waals surface area contributed by atoms with E-state index in [1.807, 2.05) is 13.8 Å². The summed E-state index contributed by atoms with van der Waals surface area (Å²) in [6, 6.07) is -0.619. The molecule has 0 amide bonds. The Hall–Kier alpha value is -1.52. The lowest BCUT2D eigenvalue weighted by Gasteiger charge is -2.71. The highest BCUT2D eigenvalue weighted by atomic mass is 35.5. The summed E-state index contributed by atoms with van der Waals surface area (Å²) in [5.41, 5.74) is -7.37. The number of halogens is 1. The Bertz CT molecular complexity index is 955. The lowest BCUT2D eigenvalue weighted by molar-refractivity contribution is -0.371. The van der Waals surface area contributed by atoms with Crippen molar-refractivity contribution >= 4 is 30.1 Å². The van der Waals surface area contributed by atoms with Crippen LogP contribution < -0.4 is 0 Å². The number of ether oxygens (including phenoxy) is 3. The summed E-state index contributed by atoms with van der Waals surface area (Å²) in [5, 5.41) is 24.0. The monoisotopic (exact) mass is 545 g/mol. The average Bonchev–Trinajstić information content (AvgIpc) is 2.76. The maximum Gasteiger partial charge on any atom is 0.323 e. The molecule has 1 saturated heterocycles. The second kappa shape index (κ2) is 9.90. The number of Topliss-reactive ketones (excluding diaryl/α,β-unsaturated/α-hetero) is 1. The minimum Gasteiger partial charge on any atom is -0.457 e. The first-order chi connectivity index (χ1) is 16.3. The van der Waals surface area contributed by atoms with Crippen molar-refractivity contribution in [3.8, 4) is 0 Å². The predicted octanol–water partition coefficient (Wildman–Crippen LogP) is 2.44. The molecule has 2 aliphatic carbocycles. The molecular formula is C27H44ClNO8. The van der Waals surface area contributed by atoms with Gasteiger partial charge >= 0.3 is 11.9 Å². The van der Waals surface area contributed by atoms with Gasteiger partial charge in [0.15, 0.2) is 17.5 Å². The topological polar surface area (TPSA) is 123 Å². The number of hydrogen-bond donors (Lipinski definition) is 2. The number of likely N-dealkylation sites (N-methyl/N-ethyl adjacent to an activating group) is 1. The van der Waals surface area contributed by atoms with E-state index in [1.54, 1.807) is 39.8 Å². The molecule has 1 aliphatic heterocycles. The van der Waals surface area contributed by atoms with E-state index < -0.39 is 75.6 Å². The van der Waals surface area contributed by atoms with Crippen LogP contribution in [0.3, 0.4) is 0 Å². The molecule has 3 fully saturated rings. The third-order valence-corrected chi connectivity index (χ3v) is 9.36. The number of ketones is 1. The quantitative estimate of drug-likeness (QED) is 0.396. The molecule has 0 aromatic heterocycles. The molecule has 0 aromatic rings. The number of nitrogens with zero attached hydrogens (tertiary/aromatic N) is 1. The molecule has 2 N–H and O–H groups in total. The maximum atomic E-state index is 14.0. The average molecular weight is 546 g/mol. The first kappa shape index (κ1) is 31.7. The van der Waals surface area contributed by atoms with E-state index in [0.29, 0.717) is 12.8 Å². The van der Waals surface area contributed by atoms with E-state index in [-0.39, 0.29) is 18.8 Å². The van der Waals surface area contributed by atoms with Gasteiger partial charge in [0.25, 0.3) is 0 Å². The smallest absolute Gasteiger partial charge is 0.323 e. The fourth-order valence-electron chi connectivity index (χ4n) is 7.19. The van der Waals surface area contributed by atoms with Gasteiger partial charge in [-0.3, -0.25) is 19.3 Å². The van der Waals surface area contributed by atoms with Crippen LogP contribution in [0, 0.1) is 16.7 Å². The number of hydrogen-bond acceptors (Lipinski definition) is 9. The van der Waals surface area contributed by atoms with Gasteiger partial charge in [-0.1, -0.05) is 26.8 Å². The molecule has 0 spiro atoms. The molecule has 0 bridgehead atoms. The van der Waals surface area contributed by atoms with Crippen molar-refractivity contribution in [3.63, 3.8) is 0 Å². The van der Waals surface area contributed by atoms with Gasteiger partial charge in [0.2, 0.25) is 0 Å². The standard InChI is InChI=1S/C27H43NO8.ClH/c1-11-24(6)14-18(31)27(33)25(7)17(30)12-13-23(4,5)20(25)19(35-22(32)15(2)28(9)10)21(34-16(3)29)26(27,8)36-24;/h11,15,17,19-21,30,33H,1,12-14H2,2-10H3;1H/t15?,17-,19-,20-,21-,24-,25-,26+,27-;/m0./s1. The first-order valence-electron chi connectivity index (χ1n) is 12.6. The Balaban J connectivity index is 0.00000481. The minimum atomic E-state index is -2.25. The molecule has 0 aromatic carbocycles. The van der Waals surface area contributed by atoms with Crippen LogP contribution >= 0.6 is 12.4 Å². The van der Waals surface area contributed by atoms with Crippen LogP contribution in [0.5, 0.6) is 0 Å². The summed E-state index contributed by atoms with van der Waals surface area (Å²) >= 11 is 0. The molecular weight excluding hydrogens is 502 g/mol. The molecule has 2 saturated carbocycles. The van der Waals surface area contributed by atoms with Crippen molar-refractivity contribution in [2.45, 2.75) is 109 Å². The molecule has 3 rings (SSSR count). The number of rotatable bonds is 5. The Morgan fingerprint density at radius 1 is 1.19 bits per heavy atom. The molecule has 9 nitrogen and oxygen atoms in total. The van der Waals surface area contributed by atoms with Crippen molar-refractivity contribution in [1.82, 2.24) is 4.90 Å². The Kier molecular flexibility index (Phi) is 8.48. The first-order valence-corrected chi connectivity index (χ1v) is 12.6. The van der Waals surface area contributed by atoms with Crippen molar-refractivity contribution in [2.75, 3.05) is 14.1 Å². The molecule has 9 atom stereocenters. The van der Waals surface area contributed by atoms with Crippen LogP contribution in [0.2, 0.25) is 0 Å². The second-order valence-electron chi connectivity index (χ2n) is 12.4. The fraction of sp³-hybridized carbons (Fsp3) is 0.815. The van der Waals surface area contributed by atoms with Crippen molar-refractivity contribution in [1.29, 1.82) is 0 Å². The Morgan fingerprint density at radius 2 is 1.76 bits per heavy atom. The van der Waals surface area contributed by atoms with Crippen LogP contribution in [0.4, 0.5) is 0 Å². The number of fused-ring (bicyclic) bond motifs is 3. The van der Waals surface area contributed by atoms with Crippen molar-refractivity contribution < 1.29 is 38.8 Å². The summed E-state index contributed by atoms with van der Waals surface area (Å²) in [7, 11) is 3.49. The van der Waals surface area contributed by atoms with Gasteiger partial charge in [0.05, 0.1) is 11.7 Å². The molecule has 0 radical (unpaired) electrons. The number of esters is 2. The van der Waals surface area contributed by atoms with E-state index in [0.717, 1.165) is 0 Å². The van der Waals surface area contributed by atoms with Gasteiger partial charge in [0, 0.05) is 24.7 Å². The third kappa shape index (κ3) is 4.44. The van der Waals surface area contributed by atoms with E-state index >= 15 is 0 Å². The lowest BCUT2D eigenvalue weighted by Crippen LogP contribution is -2.87. The van der Waals surface area contributed by atoms with E-state index in [2.05, 4.69) is 6.58 Å². The highest BCUT2D eigenvalue weighted by Gasteiger charge is 2.82. The van der Waals surface area contributed by atoms with E-state index in [9.17, 15) is 24.6 Å². The summed E-state index contributed by atoms with van der Waals surface area (Å²) in [4.78, 5) is 41.4. The zero-order chi connectivity index (χ0) is 27.6. The molecule has 1 heterocycles. The second-order valence-corrected chi connectivity index (χ2v) is 12.4. The highest BCUT2D eigenvalue weighted by Crippen LogP contribution is 2.67. The summed E-state index contributed by atoms with van der Waals surface area (Å²) < 4.78 is 18.4. The van der Waals surface area contributed by atoms with Crippen LogP contribution in [0.1, 0.15) is 67.7 Å². The SMILES string of the molecule is C=C[C@@]1(C)CC(=O)[C@]2(O)[C@@]3(C)[C@@H](O)CCC(C)(C)[C@@H]3[C@H](OC(=O)C(C)N(C)C)[C@H](OC(C)=O)[C@@]2(C)O1.Cl. The van der Waals surface area contributed by atoms with E-state index in [4.69, 9.17) is 14.2 Å². The zero-order valence-corrected chi connectivity index (χ0v) is 24.3. The van der Waals surface area contributed by atoms with Gasteiger partial charge in [-0.05, 0) is 53.1 Å². The predicted molar refractivity (Wildman–Crippen MR) is 139 cm³/mol. The van der Waals surface area contributed by atoms with Crippen molar-refractivity contribution in [3.05, 3.63) is 12.7 Å². The molecule has 1 unspecified atom stereocenters. The van der Waals surface area contributed by atoms with Crippen LogP contribution in [-0.4, -0.2) is 88.1 Å². The largest absolute Gasteiger partial charge is 0.457 e. The van der Waals surface area contributed by atoms with Gasteiger partial charge < -0.3 is 24.4 Å². The highest BCUT2D eigenvalue weighted by molar-refractivity contribution is 5.92. The molecule has 10 heteroatoms. The van der Waals surface area contributed by atoms with Gasteiger partial charge in [-0.2, -0.15) is 0 Å². The third-order valence-electron chi connectivity index (χ3n) is 9.36. The summed E-state index contributed by atoms with van der Waals surface area (Å²) in [5.74, 6) is -2.50. The summed E-state index contributed by atoms with van der Waals surface area (Å²) in [6.45, 7) is 15.5. The molecule has 37 heavy (non-hydrogen) atoms. The number of aliphatic hydroxyl groups excluding tert-OH is 1. The van der Waals surface area contributed by atoms with E-state index in [1.165, 1.54) is 19.9 Å². The number of carbonyl (C=O) groups is 3. The molecule has 212 valence electrons. The van der Waals surface area contributed by atoms with Crippen molar-refractivity contribution in [2.24, 2.45) is 16.7 Å². The Morgan fingerprint density at radius 3 is 2.24 bits per heavy atom. The van der Waals surface area contributed by atoms with Gasteiger partial charge in [-0.25, -0.2) is 0 Å². The zero-order valence-electron chi connectivity index (χ0n) is 23.5. The van der Waals surface area contributed by atoms with Crippen LogP contribution in [-0.2, 0) is 28.6 Å². The number of aliphatic hydroxyl groups is 2.